The molecule has 2 aromatic carbocycles. The number of hydrogen-bond acceptors (Lipinski definition) is 4. The van der Waals surface area contributed by atoms with Crippen molar-refractivity contribution < 1.29 is 13.2 Å². The lowest BCUT2D eigenvalue weighted by Crippen LogP contribution is -2.29. The second-order valence-corrected chi connectivity index (χ2v) is 7.32. The molecular formula is C17H19N5O3S. The van der Waals surface area contributed by atoms with Crippen LogP contribution in [0.3, 0.4) is 0 Å². The van der Waals surface area contributed by atoms with Gasteiger partial charge in [0.15, 0.2) is 0 Å². The summed E-state index contributed by atoms with van der Waals surface area (Å²) in [5, 5.41) is 10.4. The molecule has 1 aromatic heterocycles. The Morgan fingerprint density at radius 1 is 1.12 bits per heavy atom. The molecule has 3 rings (SSSR count). The Bertz CT molecular complexity index is 979. The molecule has 0 radical (unpaired) electrons. The molecule has 8 nitrogen and oxygen atoms in total. The number of fused-ring (bicyclic) bond motifs is 1. The molecular weight excluding hydrogens is 354 g/mol. The van der Waals surface area contributed by atoms with E-state index >= 15 is 0 Å². The first-order valence-corrected chi connectivity index (χ1v) is 9.58. The van der Waals surface area contributed by atoms with Gasteiger partial charge in [0.1, 0.15) is 5.82 Å². The van der Waals surface area contributed by atoms with Crippen molar-refractivity contribution in [3.8, 4) is 0 Å². The maximum atomic E-state index is 11.9. The van der Waals surface area contributed by atoms with Gasteiger partial charge in [-0.1, -0.05) is 12.1 Å². The van der Waals surface area contributed by atoms with Crippen molar-refractivity contribution in [3.63, 3.8) is 0 Å². The molecule has 0 atom stereocenters. The van der Waals surface area contributed by atoms with Crippen LogP contribution in [-0.4, -0.2) is 31.0 Å². The summed E-state index contributed by atoms with van der Waals surface area (Å²) in [6, 6.07) is 13.1. The second-order valence-electron chi connectivity index (χ2n) is 5.75. The summed E-state index contributed by atoms with van der Waals surface area (Å²) in [4.78, 5) is 19.6. The molecule has 5 N–H and O–H groups in total. The Balaban J connectivity index is 1.44. The predicted molar refractivity (Wildman–Crippen MR) is 99.3 cm³/mol. The van der Waals surface area contributed by atoms with E-state index in [1.807, 2.05) is 24.3 Å². The Morgan fingerprint density at radius 2 is 1.85 bits per heavy atom. The quantitative estimate of drug-likeness (QED) is 0.492. The molecule has 0 aliphatic heterocycles. The van der Waals surface area contributed by atoms with Crippen LogP contribution in [0.25, 0.3) is 11.0 Å². The number of H-pyrrole nitrogens is 1. The molecule has 0 fully saturated rings. The van der Waals surface area contributed by atoms with E-state index < -0.39 is 10.0 Å². The van der Waals surface area contributed by atoms with Crippen molar-refractivity contribution in [3.05, 3.63) is 54.4 Å². The Labute approximate surface area is 150 Å². The van der Waals surface area contributed by atoms with E-state index in [0.29, 0.717) is 12.2 Å². The summed E-state index contributed by atoms with van der Waals surface area (Å²) in [5.41, 5.74) is 2.40. The van der Waals surface area contributed by atoms with E-state index in [1.54, 1.807) is 0 Å². The molecule has 26 heavy (non-hydrogen) atoms. The first-order chi connectivity index (χ1) is 12.4. The zero-order valence-electron chi connectivity index (χ0n) is 13.9. The molecule has 3 aromatic rings. The van der Waals surface area contributed by atoms with Gasteiger partial charge in [-0.15, -0.1) is 0 Å². The number of aryl methyl sites for hydroxylation is 1. The smallest absolute Gasteiger partial charge is 0.319 e. The number of rotatable bonds is 6. The number of imidazole rings is 1. The molecule has 0 bridgehead atoms. The molecule has 0 aliphatic rings. The number of primary sulfonamides is 1. The largest absolute Gasteiger partial charge is 0.342 e. The number of urea groups is 1. The number of benzene rings is 2. The van der Waals surface area contributed by atoms with Crippen LogP contribution >= 0.6 is 0 Å². The van der Waals surface area contributed by atoms with Crippen molar-refractivity contribution in [1.82, 2.24) is 15.3 Å². The maximum absolute atomic E-state index is 11.9. The third-order valence-electron chi connectivity index (χ3n) is 3.76. The summed E-state index contributed by atoms with van der Waals surface area (Å²) >= 11 is 0. The first-order valence-electron chi connectivity index (χ1n) is 8.03. The third-order valence-corrected chi connectivity index (χ3v) is 4.68. The van der Waals surface area contributed by atoms with Crippen molar-refractivity contribution in [2.45, 2.75) is 17.7 Å². The van der Waals surface area contributed by atoms with Crippen LogP contribution in [-0.2, 0) is 16.4 Å². The summed E-state index contributed by atoms with van der Waals surface area (Å²) in [6.45, 7) is 0.484. The topological polar surface area (TPSA) is 130 Å². The normalized spacial score (nSPS) is 11.4. The van der Waals surface area contributed by atoms with Crippen molar-refractivity contribution in [2.75, 3.05) is 11.9 Å². The highest BCUT2D eigenvalue weighted by Crippen LogP contribution is 2.13. The zero-order chi connectivity index (χ0) is 18.6. The van der Waals surface area contributed by atoms with Gasteiger partial charge in [-0.05, 0) is 42.8 Å². The van der Waals surface area contributed by atoms with Gasteiger partial charge < -0.3 is 15.6 Å². The Morgan fingerprint density at radius 3 is 2.54 bits per heavy atom. The molecule has 1 heterocycles. The summed E-state index contributed by atoms with van der Waals surface area (Å²) in [5.74, 6) is 0.881. The maximum Gasteiger partial charge on any atom is 0.319 e. The van der Waals surface area contributed by atoms with E-state index in [4.69, 9.17) is 5.14 Å². The number of para-hydroxylation sites is 2. The van der Waals surface area contributed by atoms with E-state index in [0.717, 1.165) is 29.7 Å². The van der Waals surface area contributed by atoms with Gasteiger partial charge in [0.25, 0.3) is 0 Å². The number of nitrogens with two attached hydrogens (primary N) is 1. The summed E-state index contributed by atoms with van der Waals surface area (Å²) in [6.07, 6.45) is 1.45. The van der Waals surface area contributed by atoms with E-state index in [-0.39, 0.29) is 10.9 Å². The first kappa shape index (κ1) is 17.9. The lowest BCUT2D eigenvalue weighted by atomic mass is 10.3. The highest BCUT2D eigenvalue weighted by atomic mass is 32.2. The van der Waals surface area contributed by atoms with Gasteiger partial charge in [-0.2, -0.15) is 0 Å². The minimum Gasteiger partial charge on any atom is -0.342 e. The highest BCUT2D eigenvalue weighted by Gasteiger charge is 2.08. The fourth-order valence-electron chi connectivity index (χ4n) is 2.49. The molecule has 0 spiro atoms. The van der Waals surface area contributed by atoms with Crippen LogP contribution in [0.15, 0.2) is 53.4 Å². The van der Waals surface area contributed by atoms with Gasteiger partial charge >= 0.3 is 6.03 Å². The van der Waals surface area contributed by atoms with Crippen LogP contribution in [0, 0.1) is 0 Å². The van der Waals surface area contributed by atoms with Gasteiger partial charge in [0.2, 0.25) is 10.0 Å². The Kier molecular flexibility index (Phi) is 5.19. The molecule has 0 saturated carbocycles. The molecule has 9 heteroatoms. The number of aromatic amines is 1. The van der Waals surface area contributed by atoms with Crippen LogP contribution < -0.4 is 15.8 Å². The Hall–Kier alpha value is -2.91. The number of aromatic nitrogens is 2. The van der Waals surface area contributed by atoms with Gasteiger partial charge in [-0.3, -0.25) is 0 Å². The van der Waals surface area contributed by atoms with Crippen LogP contribution in [0.1, 0.15) is 12.2 Å². The SMILES string of the molecule is NS(=O)(=O)c1ccc(NC(=O)NCCCc2nc3ccccc3[nH]2)cc1. The number of anilines is 1. The average molecular weight is 373 g/mol. The monoisotopic (exact) mass is 373 g/mol. The predicted octanol–water partition coefficient (Wildman–Crippen LogP) is 1.96. The number of sulfonamides is 1. The van der Waals surface area contributed by atoms with Crippen LogP contribution in [0.5, 0.6) is 0 Å². The van der Waals surface area contributed by atoms with Crippen molar-refractivity contribution in [2.24, 2.45) is 5.14 Å². The lowest BCUT2D eigenvalue weighted by Gasteiger charge is -2.07. The third kappa shape index (κ3) is 4.58. The zero-order valence-corrected chi connectivity index (χ0v) is 14.7. The van der Waals surface area contributed by atoms with E-state index in [9.17, 15) is 13.2 Å². The molecule has 0 aliphatic carbocycles. The molecule has 0 saturated heterocycles. The highest BCUT2D eigenvalue weighted by molar-refractivity contribution is 7.89. The number of hydrogen-bond donors (Lipinski definition) is 4. The van der Waals surface area contributed by atoms with Crippen molar-refractivity contribution >= 4 is 32.8 Å². The minimum atomic E-state index is -3.74. The fourth-order valence-corrected chi connectivity index (χ4v) is 3.00. The standard InChI is InChI=1S/C17H19N5O3S/c18-26(24,25)13-9-7-12(8-10-13)20-17(23)19-11-3-6-16-21-14-4-1-2-5-15(14)22-16/h1-2,4-5,7-10H,3,6,11H2,(H,21,22)(H2,18,24,25)(H2,19,20,23). The second kappa shape index (κ2) is 7.54. The number of carbonyl (C=O) groups is 1. The fraction of sp³-hybridized carbons (Fsp3) is 0.176. The number of nitrogens with zero attached hydrogens (tertiary/aromatic N) is 1. The lowest BCUT2D eigenvalue weighted by molar-refractivity contribution is 0.252. The van der Waals surface area contributed by atoms with Crippen LogP contribution in [0.2, 0.25) is 0 Å². The number of carbonyl (C=O) groups excluding carboxylic acids is 1. The molecule has 2 amide bonds. The van der Waals surface area contributed by atoms with Gasteiger partial charge in [0, 0.05) is 18.7 Å². The average Bonchev–Trinajstić information content (AvgIpc) is 3.01. The van der Waals surface area contributed by atoms with Gasteiger partial charge in [-0.25, -0.2) is 23.3 Å². The van der Waals surface area contributed by atoms with E-state index in [1.165, 1.54) is 24.3 Å². The number of nitrogens with one attached hydrogen (secondary N) is 3. The van der Waals surface area contributed by atoms with Crippen molar-refractivity contribution in [1.29, 1.82) is 0 Å². The molecule has 0 unspecified atom stereocenters. The van der Waals surface area contributed by atoms with E-state index in [2.05, 4.69) is 20.6 Å². The minimum absolute atomic E-state index is 0.00528. The summed E-state index contributed by atoms with van der Waals surface area (Å²) in [7, 11) is -3.74. The number of amides is 2. The summed E-state index contributed by atoms with van der Waals surface area (Å²) < 4.78 is 22.4. The van der Waals surface area contributed by atoms with Gasteiger partial charge in [0.05, 0.1) is 15.9 Å². The molecule has 136 valence electrons. The van der Waals surface area contributed by atoms with Crippen LogP contribution in [0.4, 0.5) is 10.5 Å².